The lowest BCUT2D eigenvalue weighted by Gasteiger charge is -2.44. The van der Waals surface area contributed by atoms with E-state index in [0.29, 0.717) is 0 Å². The first-order valence-electron chi connectivity index (χ1n) is 12.2. The van der Waals surface area contributed by atoms with Crippen LogP contribution in [0, 0.1) is 0 Å². The fraction of sp³-hybridized carbons (Fsp3) is 0.467. The van der Waals surface area contributed by atoms with Crippen LogP contribution in [0.3, 0.4) is 0 Å². The van der Waals surface area contributed by atoms with Crippen molar-refractivity contribution in [2.75, 3.05) is 7.05 Å². The standard InChI is InChI=1S/C30H42NOPS/c1-28(2,3)33(29(4,5)6)26-21-14-13-19-25(26)27(31(10)34(32)30(7,8)9)24-20-15-17-22-16-11-12-18-23(22)24/h11-21,27H,1-10H3/t27-,34?/m1/s1. The van der Waals surface area contributed by atoms with Gasteiger partial charge in [0.1, 0.15) is 11.0 Å². The lowest BCUT2D eigenvalue weighted by Crippen LogP contribution is -2.40. The predicted octanol–water partition coefficient (Wildman–Crippen LogP) is 8.03. The zero-order chi connectivity index (χ0) is 25.5. The van der Waals surface area contributed by atoms with Crippen LogP contribution in [0.15, 0.2) is 66.7 Å². The van der Waals surface area contributed by atoms with Crippen molar-refractivity contribution in [3.8, 4) is 0 Å². The molecular weight excluding hydrogens is 453 g/mol. The largest absolute Gasteiger partial charge is 0.242 e. The summed E-state index contributed by atoms with van der Waals surface area (Å²) in [5.41, 5.74) is 2.48. The Kier molecular flexibility index (Phi) is 7.83. The highest BCUT2D eigenvalue weighted by atomic mass is 32.2. The quantitative estimate of drug-likeness (QED) is 0.328. The van der Waals surface area contributed by atoms with Crippen LogP contribution in [0.2, 0.25) is 0 Å². The zero-order valence-corrected chi connectivity index (χ0v) is 24.4. The third-order valence-corrected chi connectivity index (χ3v) is 11.4. The van der Waals surface area contributed by atoms with E-state index in [-0.39, 0.29) is 21.1 Å². The van der Waals surface area contributed by atoms with Crippen LogP contribution in [-0.4, -0.2) is 30.6 Å². The normalized spacial score (nSPS) is 15.2. The maximum Gasteiger partial charge on any atom is 0.100 e. The van der Waals surface area contributed by atoms with E-state index in [1.165, 1.54) is 27.2 Å². The summed E-state index contributed by atoms with van der Waals surface area (Å²) in [6, 6.07) is 23.9. The Morgan fingerprint density at radius 1 is 0.706 bits per heavy atom. The molecule has 0 fully saturated rings. The predicted molar refractivity (Wildman–Crippen MR) is 154 cm³/mol. The van der Waals surface area contributed by atoms with Crippen LogP contribution in [-0.2, 0) is 11.0 Å². The molecule has 0 aliphatic rings. The molecule has 1 unspecified atom stereocenters. The summed E-state index contributed by atoms with van der Waals surface area (Å²) in [5.74, 6) is 0. The minimum absolute atomic E-state index is 0.114. The average Bonchev–Trinajstić information content (AvgIpc) is 2.72. The Balaban J connectivity index is 2.37. The van der Waals surface area contributed by atoms with Gasteiger partial charge in [0.2, 0.25) is 0 Å². The van der Waals surface area contributed by atoms with E-state index in [1.54, 1.807) is 0 Å². The molecule has 0 radical (unpaired) electrons. The second kappa shape index (κ2) is 9.84. The number of nitrogens with zero attached hydrogens (tertiary/aromatic N) is 1. The second-order valence-electron chi connectivity index (χ2n) is 12.1. The maximum absolute atomic E-state index is 13.8. The number of fused-ring (bicyclic) bond motifs is 1. The molecular formula is C30H42NOPS. The summed E-state index contributed by atoms with van der Waals surface area (Å²) < 4.78 is 15.5. The van der Waals surface area contributed by atoms with E-state index < -0.39 is 18.9 Å². The molecule has 0 N–H and O–H groups in total. The van der Waals surface area contributed by atoms with Gasteiger partial charge in [0.05, 0.1) is 10.8 Å². The van der Waals surface area contributed by atoms with E-state index >= 15 is 0 Å². The Labute approximate surface area is 211 Å². The van der Waals surface area contributed by atoms with E-state index in [0.717, 1.165) is 0 Å². The van der Waals surface area contributed by atoms with Crippen molar-refractivity contribution in [3.05, 3.63) is 77.9 Å². The molecule has 0 heterocycles. The van der Waals surface area contributed by atoms with Crippen LogP contribution < -0.4 is 5.30 Å². The molecule has 34 heavy (non-hydrogen) atoms. The van der Waals surface area contributed by atoms with Crippen molar-refractivity contribution < 1.29 is 4.21 Å². The first-order chi connectivity index (χ1) is 15.6. The first-order valence-corrected chi connectivity index (χ1v) is 14.6. The highest BCUT2D eigenvalue weighted by Gasteiger charge is 2.39. The van der Waals surface area contributed by atoms with Gasteiger partial charge in [0.15, 0.2) is 0 Å². The minimum Gasteiger partial charge on any atom is -0.242 e. The van der Waals surface area contributed by atoms with Crippen LogP contribution in [0.4, 0.5) is 0 Å². The van der Waals surface area contributed by atoms with Gasteiger partial charge in [-0.1, -0.05) is 116 Å². The van der Waals surface area contributed by atoms with Gasteiger partial charge >= 0.3 is 0 Å². The van der Waals surface area contributed by atoms with Crippen molar-refractivity contribution in [3.63, 3.8) is 0 Å². The lowest BCUT2D eigenvalue weighted by molar-refractivity contribution is 0.443. The molecule has 2 atom stereocenters. The van der Waals surface area contributed by atoms with Crippen molar-refractivity contribution in [1.82, 2.24) is 4.31 Å². The Morgan fingerprint density at radius 3 is 1.79 bits per heavy atom. The van der Waals surface area contributed by atoms with Crippen molar-refractivity contribution in [2.45, 2.75) is 83.4 Å². The summed E-state index contributed by atoms with van der Waals surface area (Å²) in [6.07, 6.45) is 0. The fourth-order valence-corrected chi connectivity index (χ4v) is 10.7. The Bertz CT molecular complexity index is 1150. The molecule has 2 nitrogen and oxygen atoms in total. The molecule has 3 aromatic rings. The van der Waals surface area contributed by atoms with E-state index in [4.69, 9.17) is 0 Å². The molecule has 0 saturated heterocycles. The summed E-state index contributed by atoms with van der Waals surface area (Å²) in [4.78, 5) is 0. The second-order valence-corrected chi connectivity index (χ2v) is 18.2. The van der Waals surface area contributed by atoms with E-state index in [2.05, 4.69) is 133 Å². The third kappa shape index (κ3) is 5.64. The first kappa shape index (κ1) is 27.1. The summed E-state index contributed by atoms with van der Waals surface area (Å²) in [5, 5.41) is 4.11. The number of rotatable bonds is 5. The zero-order valence-electron chi connectivity index (χ0n) is 22.6. The highest BCUT2D eigenvalue weighted by molar-refractivity contribution is 7.84. The van der Waals surface area contributed by atoms with Crippen LogP contribution in [0.5, 0.6) is 0 Å². The third-order valence-electron chi connectivity index (χ3n) is 6.08. The van der Waals surface area contributed by atoms with Gasteiger partial charge in [0, 0.05) is 7.05 Å². The topological polar surface area (TPSA) is 20.3 Å². The van der Waals surface area contributed by atoms with Crippen LogP contribution in [0.1, 0.15) is 79.5 Å². The number of hydrogen-bond donors (Lipinski definition) is 0. The summed E-state index contributed by atoms with van der Waals surface area (Å²) >= 11 is 0. The molecule has 0 bridgehead atoms. The van der Waals surface area contributed by atoms with Crippen LogP contribution >= 0.6 is 7.92 Å². The summed E-state index contributed by atoms with van der Waals surface area (Å²) in [7, 11) is 0.327. The molecule has 3 aromatic carbocycles. The van der Waals surface area contributed by atoms with Gasteiger partial charge in [-0.2, -0.15) is 0 Å². The number of hydrogen-bond acceptors (Lipinski definition) is 1. The molecule has 0 aromatic heterocycles. The van der Waals surface area contributed by atoms with Gasteiger partial charge in [-0.05, 0) is 58.3 Å². The van der Waals surface area contributed by atoms with Crippen molar-refractivity contribution in [2.24, 2.45) is 0 Å². The van der Waals surface area contributed by atoms with Gasteiger partial charge < -0.3 is 0 Å². The monoisotopic (exact) mass is 495 g/mol. The smallest absolute Gasteiger partial charge is 0.100 e. The molecule has 0 aliphatic carbocycles. The van der Waals surface area contributed by atoms with Crippen molar-refractivity contribution in [1.29, 1.82) is 0 Å². The Hall–Kier alpha value is -1.54. The van der Waals surface area contributed by atoms with Gasteiger partial charge in [-0.3, -0.25) is 0 Å². The van der Waals surface area contributed by atoms with E-state index in [9.17, 15) is 4.21 Å². The lowest BCUT2D eigenvalue weighted by atomic mass is 9.94. The fourth-order valence-electron chi connectivity index (χ4n) is 5.23. The minimum atomic E-state index is -1.18. The van der Waals surface area contributed by atoms with Gasteiger partial charge in [-0.25, -0.2) is 8.51 Å². The van der Waals surface area contributed by atoms with Gasteiger partial charge in [0.25, 0.3) is 0 Å². The number of benzene rings is 3. The molecule has 0 aliphatic heterocycles. The van der Waals surface area contributed by atoms with Crippen molar-refractivity contribution >= 4 is 35.0 Å². The van der Waals surface area contributed by atoms with E-state index in [1.807, 2.05) is 7.05 Å². The molecule has 3 rings (SSSR count). The molecule has 4 heteroatoms. The van der Waals surface area contributed by atoms with Gasteiger partial charge in [-0.15, -0.1) is 0 Å². The van der Waals surface area contributed by atoms with Crippen LogP contribution in [0.25, 0.3) is 10.8 Å². The highest BCUT2D eigenvalue weighted by Crippen LogP contribution is 2.59. The maximum atomic E-state index is 13.8. The average molecular weight is 496 g/mol. The summed E-state index contributed by atoms with van der Waals surface area (Å²) in [6.45, 7) is 20.4. The Morgan fingerprint density at radius 2 is 1.21 bits per heavy atom. The molecule has 184 valence electrons. The molecule has 0 saturated carbocycles. The molecule has 0 spiro atoms. The SMILES string of the molecule is CN([C@@H](c1ccccc1P(C(C)(C)C)C(C)(C)C)c1cccc2ccccc12)S(=O)C(C)(C)C. The molecule has 0 amide bonds.